The standard InChI is InChI=1S/C17H26N2O2/c1-2-21-16-8-6-7-15(13-16)14-18-10-9-17(20)19-11-4-3-5-12-19/h6-8,13,18H,2-5,9-12,14H2,1H3. The molecule has 1 heterocycles. The molecular weight excluding hydrogens is 264 g/mol. The van der Waals surface area contributed by atoms with E-state index in [-0.39, 0.29) is 5.91 Å². The zero-order valence-electron chi connectivity index (χ0n) is 12.9. The molecule has 1 amide bonds. The predicted octanol–water partition coefficient (Wildman–Crippen LogP) is 2.58. The molecule has 1 aliphatic heterocycles. The Hall–Kier alpha value is -1.55. The maximum atomic E-state index is 12.0. The van der Waals surface area contributed by atoms with Crippen molar-refractivity contribution in [1.82, 2.24) is 10.2 Å². The van der Waals surface area contributed by atoms with Crippen LogP contribution in [0.25, 0.3) is 0 Å². The van der Waals surface area contributed by atoms with E-state index in [4.69, 9.17) is 4.74 Å². The van der Waals surface area contributed by atoms with Gasteiger partial charge in [-0.2, -0.15) is 0 Å². The number of ether oxygens (including phenoxy) is 1. The lowest BCUT2D eigenvalue weighted by Crippen LogP contribution is -2.37. The maximum Gasteiger partial charge on any atom is 0.223 e. The fourth-order valence-electron chi connectivity index (χ4n) is 2.64. The molecule has 1 aliphatic rings. The molecule has 1 aromatic rings. The van der Waals surface area contributed by atoms with Gasteiger partial charge in [0.2, 0.25) is 5.91 Å². The molecule has 0 spiro atoms. The summed E-state index contributed by atoms with van der Waals surface area (Å²) in [6, 6.07) is 8.08. The molecule has 4 heteroatoms. The van der Waals surface area contributed by atoms with Crippen molar-refractivity contribution in [3.05, 3.63) is 29.8 Å². The Labute approximate surface area is 127 Å². The molecular formula is C17H26N2O2. The third-order valence-corrected chi connectivity index (χ3v) is 3.76. The minimum atomic E-state index is 0.283. The van der Waals surface area contributed by atoms with Crippen molar-refractivity contribution < 1.29 is 9.53 Å². The van der Waals surface area contributed by atoms with E-state index in [2.05, 4.69) is 11.4 Å². The third-order valence-electron chi connectivity index (χ3n) is 3.76. The fourth-order valence-corrected chi connectivity index (χ4v) is 2.64. The molecule has 2 rings (SSSR count). The van der Waals surface area contributed by atoms with Crippen LogP contribution in [0, 0.1) is 0 Å². The first-order valence-electron chi connectivity index (χ1n) is 8.00. The summed E-state index contributed by atoms with van der Waals surface area (Å²) in [5, 5.41) is 3.34. The number of benzene rings is 1. The van der Waals surface area contributed by atoms with E-state index in [0.717, 1.165) is 44.8 Å². The van der Waals surface area contributed by atoms with Gasteiger partial charge in [-0.15, -0.1) is 0 Å². The van der Waals surface area contributed by atoms with Gasteiger partial charge in [0.15, 0.2) is 0 Å². The molecule has 21 heavy (non-hydrogen) atoms. The minimum Gasteiger partial charge on any atom is -0.494 e. The zero-order valence-corrected chi connectivity index (χ0v) is 12.9. The van der Waals surface area contributed by atoms with Crippen molar-refractivity contribution in [3.8, 4) is 5.75 Å². The number of nitrogens with one attached hydrogen (secondary N) is 1. The number of piperidine rings is 1. The van der Waals surface area contributed by atoms with Gasteiger partial charge < -0.3 is 15.0 Å². The molecule has 0 bridgehead atoms. The molecule has 4 nitrogen and oxygen atoms in total. The van der Waals surface area contributed by atoms with Crippen LogP contribution in [0.3, 0.4) is 0 Å². The molecule has 1 N–H and O–H groups in total. The van der Waals surface area contributed by atoms with E-state index >= 15 is 0 Å². The molecule has 116 valence electrons. The summed E-state index contributed by atoms with van der Waals surface area (Å²) in [7, 11) is 0. The van der Waals surface area contributed by atoms with Crippen LogP contribution in [-0.4, -0.2) is 37.0 Å². The van der Waals surface area contributed by atoms with Gasteiger partial charge in [0, 0.05) is 32.6 Å². The van der Waals surface area contributed by atoms with Crippen LogP contribution >= 0.6 is 0 Å². The second kappa shape index (κ2) is 8.67. The lowest BCUT2D eigenvalue weighted by molar-refractivity contribution is -0.131. The van der Waals surface area contributed by atoms with E-state index in [0.29, 0.717) is 13.0 Å². The molecule has 1 fully saturated rings. The SMILES string of the molecule is CCOc1cccc(CNCCC(=O)N2CCCCC2)c1. The number of nitrogens with zero attached hydrogens (tertiary/aromatic N) is 1. The van der Waals surface area contributed by atoms with Crippen LogP contribution in [0.1, 0.15) is 38.2 Å². The summed E-state index contributed by atoms with van der Waals surface area (Å²) in [5.41, 5.74) is 1.19. The van der Waals surface area contributed by atoms with Crippen LogP contribution in [0.4, 0.5) is 0 Å². The number of carbonyl (C=O) groups is 1. The lowest BCUT2D eigenvalue weighted by atomic mass is 10.1. The van der Waals surface area contributed by atoms with Crippen molar-refractivity contribution in [2.24, 2.45) is 0 Å². The Morgan fingerprint density at radius 2 is 2.10 bits per heavy atom. The largest absolute Gasteiger partial charge is 0.494 e. The number of rotatable bonds is 7. The van der Waals surface area contributed by atoms with Gasteiger partial charge >= 0.3 is 0 Å². The van der Waals surface area contributed by atoms with E-state index in [1.54, 1.807) is 0 Å². The second-order valence-electron chi connectivity index (χ2n) is 5.45. The number of carbonyl (C=O) groups excluding carboxylic acids is 1. The summed E-state index contributed by atoms with van der Waals surface area (Å²) in [4.78, 5) is 14.0. The maximum absolute atomic E-state index is 12.0. The van der Waals surface area contributed by atoms with E-state index in [1.165, 1.54) is 12.0 Å². The molecule has 0 aliphatic carbocycles. The van der Waals surface area contributed by atoms with Gasteiger partial charge in [-0.25, -0.2) is 0 Å². The average molecular weight is 290 g/mol. The summed E-state index contributed by atoms with van der Waals surface area (Å²) in [6.45, 7) is 6.05. The van der Waals surface area contributed by atoms with Crippen molar-refractivity contribution in [1.29, 1.82) is 0 Å². The van der Waals surface area contributed by atoms with Gasteiger partial charge in [-0.3, -0.25) is 4.79 Å². The van der Waals surface area contributed by atoms with Crippen LogP contribution in [0.5, 0.6) is 5.75 Å². The lowest BCUT2D eigenvalue weighted by Gasteiger charge is -2.26. The quantitative estimate of drug-likeness (QED) is 0.785. The first kappa shape index (κ1) is 15.8. The Balaban J connectivity index is 1.67. The highest BCUT2D eigenvalue weighted by atomic mass is 16.5. The molecule has 0 atom stereocenters. The smallest absolute Gasteiger partial charge is 0.223 e. The summed E-state index contributed by atoms with van der Waals surface area (Å²) in [5.74, 6) is 1.19. The third kappa shape index (κ3) is 5.38. The van der Waals surface area contributed by atoms with Crippen molar-refractivity contribution >= 4 is 5.91 Å². The summed E-state index contributed by atoms with van der Waals surface area (Å²) in [6.07, 6.45) is 4.16. The topological polar surface area (TPSA) is 41.6 Å². The highest BCUT2D eigenvalue weighted by Crippen LogP contribution is 2.13. The monoisotopic (exact) mass is 290 g/mol. The molecule has 0 saturated carbocycles. The molecule has 1 aromatic carbocycles. The zero-order chi connectivity index (χ0) is 14.9. The molecule has 0 radical (unpaired) electrons. The average Bonchev–Trinajstić information content (AvgIpc) is 2.53. The Morgan fingerprint density at radius 1 is 1.29 bits per heavy atom. The highest BCUT2D eigenvalue weighted by molar-refractivity contribution is 5.76. The number of hydrogen-bond acceptors (Lipinski definition) is 3. The normalized spacial score (nSPS) is 15.0. The number of likely N-dealkylation sites (tertiary alicyclic amines) is 1. The van der Waals surface area contributed by atoms with Gasteiger partial charge in [-0.05, 0) is 43.9 Å². The van der Waals surface area contributed by atoms with Crippen LogP contribution in [0.2, 0.25) is 0 Å². The summed E-state index contributed by atoms with van der Waals surface area (Å²) >= 11 is 0. The van der Waals surface area contributed by atoms with Gasteiger partial charge in [-0.1, -0.05) is 12.1 Å². The minimum absolute atomic E-state index is 0.283. The molecule has 0 aromatic heterocycles. The van der Waals surface area contributed by atoms with Gasteiger partial charge in [0.05, 0.1) is 6.61 Å². The van der Waals surface area contributed by atoms with Crippen LogP contribution < -0.4 is 10.1 Å². The fraction of sp³-hybridized carbons (Fsp3) is 0.588. The van der Waals surface area contributed by atoms with Gasteiger partial charge in [0.25, 0.3) is 0 Å². The highest BCUT2D eigenvalue weighted by Gasteiger charge is 2.15. The van der Waals surface area contributed by atoms with Crippen LogP contribution in [-0.2, 0) is 11.3 Å². The molecule has 1 saturated heterocycles. The first-order valence-corrected chi connectivity index (χ1v) is 8.00. The van der Waals surface area contributed by atoms with Crippen molar-refractivity contribution in [2.75, 3.05) is 26.2 Å². The number of hydrogen-bond donors (Lipinski definition) is 1. The van der Waals surface area contributed by atoms with E-state index < -0.39 is 0 Å². The Morgan fingerprint density at radius 3 is 2.86 bits per heavy atom. The number of amides is 1. The first-order chi connectivity index (χ1) is 10.3. The van der Waals surface area contributed by atoms with Crippen molar-refractivity contribution in [3.63, 3.8) is 0 Å². The van der Waals surface area contributed by atoms with Crippen molar-refractivity contribution in [2.45, 2.75) is 39.2 Å². The van der Waals surface area contributed by atoms with E-state index in [1.807, 2.05) is 30.0 Å². The predicted molar refractivity (Wildman–Crippen MR) is 84.4 cm³/mol. The van der Waals surface area contributed by atoms with Gasteiger partial charge in [0.1, 0.15) is 5.75 Å². The summed E-state index contributed by atoms with van der Waals surface area (Å²) < 4.78 is 5.48. The second-order valence-corrected chi connectivity index (χ2v) is 5.45. The Kier molecular flexibility index (Phi) is 6.54. The van der Waals surface area contributed by atoms with E-state index in [9.17, 15) is 4.79 Å². The Bertz CT molecular complexity index is 442. The van der Waals surface area contributed by atoms with Crippen LogP contribution in [0.15, 0.2) is 24.3 Å². The molecule has 0 unspecified atom stereocenters.